The predicted octanol–water partition coefficient (Wildman–Crippen LogP) is 2.19. The second kappa shape index (κ2) is 5.95. The van der Waals surface area contributed by atoms with E-state index >= 15 is 0 Å². The number of carbonyl (C=O) groups is 1. The van der Waals surface area contributed by atoms with Crippen LogP contribution in [0.4, 0.5) is 10.2 Å². The van der Waals surface area contributed by atoms with E-state index in [1.165, 1.54) is 12.1 Å². The van der Waals surface area contributed by atoms with E-state index in [2.05, 4.69) is 15.6 Å². The number of anilines is 1. The van der Waals surface area contributed by atoms with Gasteiger partial charge in [0, 0.05) is 19.8 Å². The molecule has 0 aliphatic carbocycles. The summed E-state index contributed by atoms with van der Waals surface area (Å²) < 4.78 is 13.0. The fourth-order valence-corrected chi connectivity index (χ4v) is 1.71. The summed E-state index contributed by atoms with van der Waals surface area (Å²) >= 11 is 0. The number of hydrogen-bond donors (Lipinski definition) is 2. The van der Waals surface area contributed by atoms with Crippen LogP contribution < -0.4 is 10.6 Å². The van der Waals surface area contributed by atoms with Gasteiger partial charge in [0.25, 0.3) is 5.91 Å². The average Bonchev–Trinajstić information content (AvgIpc) is 2.45. The van der Waals surface area contributed by atoms with E-state index in [0.717, 1.165) is 0 Å². The van der Waals surface area contributed by atoms with Gasteiger partial charge in [-0.15, -0.1) is 0 Å². The minimum absolute atomic E-state index is 0.248. The molecule has 1 aromatic heterocycles. The topological polar surface area (TPSA) is 54.0 Å². The molecular weight excluding hydrogens is 245 g/mol. The van der Waals surface area contributed by atoms with E-state index in [-0.39, 0.29) is 18.3 Å². The van der Waals surface area contributed by atoms with Gasteiger partial charge in [-0.25, -0.2) is 9.37 Å². The molecule has 0 aliphatic rings. The van der Waals surface area contributed by atoms with Crippen molar-refractivity contribution in [2.75, 3.05) is 12.4 Å². The molecule has 19 heavy (non-hydrogen) atoms. The summed E-state index contributed by atoms with van der Waals surface area (Å²) in [7, 11) is 1.70. The fraction of sp³-hybridized carbons (Fsp3) is 0.143. The van der Waals surface area contributed by atoms with Crippen LogP contribution in [0.2, 0.25) is 0 Å². The van der Waals surface area contributed by atoms with E-state index in [1.807, 2.05) is 0 Å². The van der Waals surface area contributed by atoms with E-state index < -0.39 is 0 Å². The monoisotopic (exact) mass is 259 g/mol. The van der Waals surface area contributed by atoms with E-state index in [4.69, 9.17) is 0 Å². The first-order valence-corrected chi connectivity index (χ1v) is 5.86. The third-order valence-electron chi connectivity index (χ3n) is 2.63. The Balaban J connectivity index is 2.05. The van der Waals surface area contributed by atoms with Gasteiger partial charge in [-0.05, 0) is 29.8 Å². The Morgan fingerprint density at radius 1 is 1.32 bits per heavy atom. The highest BCUT2D eigenvalue weighted by atomic mass is 19.1. The molecule has 0 atom stereocenters. The number of nitrogens with one attached hydrogen (secondary N) is 2. The number of pyridine rings is 1. The molecule has 4 nitrogen and oxygen atoms in total. The zero-order valence-corrected chi connectivity index (χ0v) is 10.5. The van der Waals surface area contributed by atoms with Gasteiger partial charge in [-0.3, -0.25) is 4.79 Å². The van der Waals surface area contributed by atoms with Gasteiger partial charge >= 0.3 is 0 Å². The average molecular weight is 259 g/mol. The third kappa shape index (κ3) is 3.28. The van der Waals surface area contributed by atoms with Crippen molar-refractivity contribution in [3.8, 4) is 0 Å². The molecule has 2 N–H and O–H groups in total. The van der Waals surface area contributed by atoms with Crippen LogP contribution in [-0.2, 0) is 6.54 Å². The number of aromatic nitrogens is 1. The molecule has 0 aliphatic heterocycles. The van der Waals surface area contributed by atoms with Crippen LogP contribution in [0.5, 0.6) is 0 Å². The molecule has 0 spiro atoms. The van der Waals surface area contributed by atoms with E-state index in [1.54, 1.807) is 37.5 Å². The Labute approximate surface area is 110 Å². The van der Waals surface area contributed by atoms with Gasteiger partial charge in [0.1, 0.15) is 11.6 Å². The lowest BCUT2D eigenvalue weighted by Gasteiger charge is -2.08. The van der Waals surface area contributed by atoms with Crippen LogP contribution in [-0.4, -0.2) is 17.9 Å². The van der Waals surface area contributed by atoms with Crippen LogP contribution >= 0.6 is 0 Å². The van der Waals surface area contributed by atoms with Crippen molar-refractivity contribution in [1.29, 1.82) is 0 Å². The number of rotatable bonds is 4. The molecule has 2 aromatic rings. The number of benzene rings is 1. The smallest absolute Gasteiger partial charge is 0.255 e. The number of hydrogen-bond acceptors (Lipinski definition) is 3. The van der Waals surface area contributed by atoms with Crippen molar-refractivity contribution in [3.63, 3.8) is 0 Å². The van der Waals surface area contributed by atoms with Crippen molar-refractivity contribution in [2.45, 2.75) is 6.54 Å². The maximum absolute atomic E-state index is 13.0. The fourth-order valence-electron chi connectivity index (χ4n) is 1.71. The van der Waals surface area contributed by atoms with Crippen LogP contribution in [0.1, 0.15) is 15.9 Å². The second-order valence-electron chi connectivity index (χ2n) is 3.96. The SMILES string of the molecule is CNc1ncccc1C(=O)NCc1cccc(F)c1. The summed E-state index contributed by atoms with van der Waals surface area (Å²) in [6.45, 7) is 0.272. The van der Waals surface area contributed by atoms with Crippen LogP contribution in [0.15, 0.2) is 42.6 Å². The number of halogens is 1. The molecule has 0 bridgehead atoms. The third-order valence-corrected chi connectivity index (χ3v) is 2.63. The van der Waals surface area contributed by atoms with Crippen LogP contribution in [0.25, 0.3) is 0 Å². The Morgan fingerprint density at radius 3 is 2.89 bits per heavy atom. The maximum Gasteiger partial charge on any atom is 0.255 e. The Hall–Kier alpha value is -2.43. The highest BCUT2D eigenvalue weighted by molar-refractivity contribution is 5.98. The van der Waals surface area contributed by atoms with Crippen LogP contribution in [0, 0.1) is 5.82 Å². The molecule has 5 heteroatoms. The van der Waals surface area contributed by atoms with Gasteiger partial charge in [-0.1, -0.05) is 12.1 Å². The van der Waals surface area contributed by atoms with Gasteiger partial charge in [0.05, 0.1) is 5.56 Å². The molecule has 1 heterocycles. The lowest BCUT2D eigenvalue weighted by atomic mass is 10.2. The summed E-state index contributed by atoms with van der Waals surface area (Å²) in [6, 6.07) is 9.50. The zero-order valence-electron chi connectivity index (χ0n) is 10.5. The summed E-state index contributed by atoms with van der Waals surface area (Å²) in [4.78, 5) is 16.1. The minimum atomic E-state index is -0.316. The largest absolute Gasteiger partial charge is 0.372 e. The molecule has 0 saturated heterocycles. The first kappa shape index (κ1) is 13.0. The molecule has 0 radical (unpaired) electrons. The van der Waals surface area contributed by atoms with Gasteiger partial charge < -0.3 is 10.6 Å². The lowest BCUT2D eigenvalue weighted by Crippen LogP contribution is -2.24. The maximum atomic E-state index is 13.0. The number of carbonyl (C=O) groups excluding carboxylic acids is 1. The minimum Gasteiger partial charge on any atom is -0.372 e. The number of nitrogens with zero attached hydrogens (tertiary/aromatic N) is 1. The lowest BCUT2D eigenvalue weighted by molar-refractivity contribution is 0.0951. The summed E-state index contributed by atoms with van der Waals surface area (Å²) in [5.41, 5.74) is 1.17. The molecule has 1 aromatic carbocycles. The Morgan fingerprint density at radius 2 is 2.16 bits per heavy atom. The van der Waals surface area contributed by atoms with Crippen molar-refractivity contribution < 1.29 is 9.18 Å². The first-order chi connectivity index (χ1) is 9.20. The summed E-state index contributed by atoms with van der Waals surface area (Å²) in [5.74, 6) is -0.0509. The second-order valence-corrected chi connectivity index (χ2v) is 3.96. The highest BCUT2D eigenvalue weighted by Gasteiger charge is 2.10. The quantitative estimate of drug-likeness (QED) is 0.885. The Kier molecular flexibility index (Phi) is 4.07. The molecule has 0 unspecified atom stereocenters. The standard InChI is InChI=1S/C14H14FN3O/c1-16-13-12(6-3-7-17-13)14(19)18-9-10-4-2-5-11(15)8-10/h2-8H,9H2,1H3,(H,16,17)(H,18,19). The Bertz CT molecular complexity index is 586. The normalized spacial score (nSPS) is 10.0. The van der Waals surface area contributed by atoms with Crippen molar-refractivity contribution >= 4 is 11.7 Å². The molecule has 0 saturated carbocycles. The van der Waals surface area contributed by atoms with E-state index in [9.17, 15) is 9.18 Å². The molecule has 98 valence electrons. The summed E-state index contributed by atoms with van der Waals surface area (Å²) in [5, 5.41) is 5.58. The molecule has 1 amide bonds. The van der Waals surface area contributed by atoms with Gasteiger partial charge in [-0.2, -0.15) is 0 Å². The zero-order chi connectivity index (χ0) is 13.7. The molecule has 0 fully saturated rings. The van der Waals surface area contributed by atoms with Gasteiger partial charge in [0.15, 0.2) is 0 Å². The predicted molar refractivity (Wildman–Crippen MR) is 71.4 cm³/mol. The summed E-state index contributed by atoms with van der Waals surface area (Å²) in [6.07, 6.45) is 1.61. The molecular formula is C14H14FN3O. The van der Waals surface area contributed by atoms with Crippen molar-refractivity contribution in [3.05, 3.63) is 59.5 Å². The number of amides is 1. The van der Waals surface area contributed by atoms with Crippen LogP contribution in [0.3, 0.4) is 0 Å². The highest BCUT2D eigenvalue weighted by Crippen LogP contribution is 2.10. The molecule has 2 rings (SSSR count). The van der Waals surface area contributed by atoms with Crippen molar-refractivity contribution in [1.82, 2.24) is 10.3 Å². The first-order valence-electron chi connectivity index (χ1n) is 5.86. The van der Waals surface area contributed by atoms with Gasteiger partial charge in [0.2, 0.25) is 0 Å². The van der Waals surface area contributed by atoms with E-state index in [0.29, 0.717) is 16.9 Å². The van der Waals surface area contributed by atoms with Crippen molar-refractivity contribution in [2.24, 2.45) is 0 Å².